The number of hydrogen-bond donors (Lipinski definition) is 0. The monoisotopic (exact) mass is 388 g/mol. The molecule has 0 aliphatic heterocycles. The third kappa shape index (κ3) is 25.8. The molecule has 164 valence electrons. The summed E-state index contributed by atoms with van der Waals surface area (Å²) < 4.78 is 21.3. The van der Waals surface area contributed by atoms with Crippen molar-refractivity contribution < 1.29 is 18.9 Å². The molecular weight excluding hydrogens is 340 g/mol. The zero-order valence-electron chi connectivity index (χ0n) is 18.5. The van der Waals surface area contributed by atoms with Gasteiger partial charge in [-0.25, -0.2) is 0 Å². The molecule has 0 aromatic rings. The second kappa shape index (κ2) is 25.8. The Balaban J connectivity index is 2.95. The third-order valence-corrected chi connectivity index (χ3v) is 4.82. The second-order valence-electron chi connectivity index (χ2n) is 7.43. The summed E-state index contributed by atoms with van der Waals surface area (Å²) in [6, 6.07) is 0. The summed E-state index contributed by atoms with van der Waals surface area (Å²) in [5.41, 5.74) is 0. The molecule has 27 heavy (non-hydrogen) atoms. The summed E-state index contributed by atoms with van der Waals surface area (Å²) in [6.45, 7) is 7.04. The zero-order chi connectivity index (χ0) is 19.7. The first-order chi connectivity index (χ1) is 13.4. The predicted molar refractivity (Wildman–Crippen MR) is 115 cm³/mol. The van der Waals surface area contributed by atoms with Crippen LogP contribution in [0.15, 0.2) is 0 Å². The highest BCUT2D eigenvalue weighted by atomic mass is 16.6. The summed E-state index contributed by atoms with van der Waals surface area (Å²) >= 11 is 0. The summed E-state index contributed by atoms with van der Waals surface area (Å²) in [5, 5.41) is 0. The van der Waals surface area contributed by atoms with Gasteiger partial charge in [-0.3, -0.25) is 0 Å². The van der Waals surface area contributed by atoms with Crippen LogP contribution in [-0.4, -0.2) is 53.4 Å². The Kier molecular flexibility index (Phi) is 25.7. The summed E-state index contributed by atoms with van der Waals surface area (Å²) in [6.07, 6.45) is 19.5. The molecule has 0 N–H and O–H groups in total. The molecule has 4 nitrogen and oxygen atoms in total. The van der Waals surface area contributed by atoms with Crippen LogP contribution in [0.5, 0.6) is 0 Å². The highest BCUT2D eigenvalue weighted by molar-refractivity contribution is 4.49. The molecule has 0 fully saturated rings. The molecule has 0 radical (unpaired) electrons. The molecule has 0 atom stereocenters. The minimum atomic E-state index is 0.627. The van der Waals surface area contributed by atoms with Crippen LogP contribution in [0.1, 0.15) is 96.8 Å². The van der Waals surface area contributed by atoms with Crippen LogP contribution < -0.4 is 0 Å². The molecule has 4 heteroatoms. The number of methoxy groups -OCH3 is 1. The van der Waals surface area contributed by atoms with Gasteiger partial charge >= 0.3 is 0 Å². The van der Waals surface area contributed by atoms with Crippen LogP contribution in [-0.2, 0) is 18.9 Å². The van der Waals surface area contributed by atoms with Crippen molar-refractivity contribution in [3.8, 4) is 0 Å². The Morgan fingerprint density at radius 1 is 0.370 bits per heavy atom. The van der Waals surface area contributed by atoms with E-state index in [4.69, 9.17) is 18.9 Å². The summed E-state index contributed by atoms with van der Waals surface area (Å²) in [5.74, 6) is 0. The van der Waals surface area contributed by atoms with Gasteiger partial charge in [-0.15, -0.1) is 0 Å². The molecule has 0 aliphatic rings. The Labute approximate surface area is 169 Å². The Morgan fingerprint density at radius 3 is 1.11 bits per heavy atom. The number of ether oxygens (including phenoxy) is 4. The van der Waals surface area contributed by atoms with Crippen molar-refractivity contribution in [1.82, 2.24) is 0 Å². The third-order valence-electron chi connectivity index (χ3n) is 4.82. The average molecular weight is 389 g/mol. The molecule has 0 spiro atoms. The molecule has 0 aromatic heterocycles. The molecule has 0 aromatic carbocycles. The standard InChI is InChI=1S/C23H48O4/c1-3-4-5-6-7-8-9-10-11-12-13-14-15-16-17-25-20-21-27-23-22-26-19-18-24-2/h3-23H2,1-2H3. The van der Waals surface area contributed by atoms with Crippen molar-refractivity contribution in [1.29, 1.82) is 0 Å². The first-order valence-corrected chi connectivity index (χ1v) is 11.6. The highest BCUT2D eigenvalue weighted by Crippen LogP contribution is 2.12. The molecule has 0 unspecified atom stereocenters. The minimum absolute atomic E-state index is 0.627. The van der Waals surface area contributed by atoms with Crippen LogP contribution in [0, 0.1) is 0 Å². The number of unbranched alkanes of at least 4 members (excludes halogenated alkanes) is 13. The molecule has 0 saturated heterocycles. The molecule has 0 aliphatic carbocycles. The minimum Gasteiger partial charge on any atom is -0.382 e. The number of hydrogen-bond acceptors (Lipinski definition) is 4. The maximum absolute atomic E-state index is 5.60. The quantitative estimate of drug-likeness (QED) is 0.185. The molecule has 0 rings (SSSR count). The van der Waals surface area contributed by atoms with E-state index in [-0.39, 0.29) is 0 Å². The van der Waals surface area contributed by atoms with Gasteiger partial charge in [-0.2, -0.15) is 0 Å². The van der Waals surface area contributed by atoms with Gasteiger partial charge in [-0.1, -0.05) is 90.4 Å². The number of rotatable bonds is 24. The maximum Gasteiger partial charge on any atom is 0.0701 e. The lowest BCUT2D eigenvalue weighted by atomic mass is 10.0. The van der Waals surface area contributed by atoms with E-state index in [1.165, 1.54) is 89.9 Å². The molecular formula is C23H48O4. The van der Waals surface area contributed by atoms with Gasteiger partial charge in [0.2, 0.25) is 0 Å². The highest BCUT2D eigenvalue weighted by Gasteiger charge is 1.95. The van der Waals surface area contributed by atoms with Gasteiger partial charge < -0.3 is 18.9 Å². The Bertz CT molecular complexity index is 225. The van der Waals surface area contributed by atoms with Gasteiger partial charge in [0.25, 0.3) is 0 Å². The van der Waals surface area contributed by atoms with E-state index in [0.29, 0.717) is 39.6 Å². The first kappa shape index (κ1) is 26.8. The largest absolute Gasteiger partial charge is 0.382 e. The maximum atomic E-state index is 5.60. The van der Waals surface area contributed by atoms with Gasteiger partial charge in [0, 0.05) is 13.7 Å². The van der Waals surface area contributed by atoms with Crippen LogP contribution >= 0.6 is 0 Å². The molecule has 0 heterocycles. The fourth-order valence-corrected chi connectivity index (χ4v) is 3.08. The van der Waals surface area contributed by atoms with Gasteiger partial charge in [0.1, 0.15) is 0 Å². The van der Waals surface area contributed by atoms with Crippen LogP contribution in [0.25, 0.3) is 0 Å². The van der Waals surface area contributed by atoms with E-state index in [9.17, 15) is 0 Å². The van der Waals surface area contributed by atoms with Crippen LogP contribution in [0.2, 0.25) is 0 Å². The molecule has 0 bridgehead atoms. The second-order valence-corrected chi connectivity index (χ2v) is 7.43. The van der Waals surface area contributed by atoms with E-state index in [1.54, 1.807) is 7.11 Å². The lowest BCUT2D eigenvalue weighted by Gasteiger charge is -2.07. The molecule has 0 amide bonds. The SMILES string of the molecule is CCCCCCCCCCCCCCCCOCCOCCOCCOC. The average Bonchev–Trinajstić information content (AvgIpc) is 2.68. The predicted octanol–water partition coefficient (Wildman–Crippen LogP) is 6.16. The van der Waals surface area contributed by atoms with Gasteiger partial charge in [-0.05, 0) is 6.42 Å². The first-order valence-electron chi connectivity index (χ1n) is 11.6. The topological polar surface area (TPSA) is 36.9 Å². The fourth-order valence-electron chi connectivity index (χ4n) is 3.08. The van der Waals surface area contributed by atoms with Crippen molar-refractivity contribution in [3.05, 3.63) is 0 Å². The Hall–Kier alpha value is -0.160. The van der Waals surface area contributed by atoms with E-state index in [2.05, 4.69) is 6.92 Å². The molecule has 0 saturated carbocycles. The van der Waals surface area contributed by atoms with Crippen molar-refractivity contribution in [2.75, 3.05) is 53.4 Å². The Morgan fingerprint density at radius 2 is 0.704 bits per heavy atom. The van der Waals surface area contributed by atoms with Crippen molar-refractivity contribution in [2.24, 2.45) is 0 Å². The van der Waals surface area contributed by atoms with E-state index < -0.39 is 0 Å². The van der Waals surface area contributed by atoms with Crippen molar-refractivity contribution >= 4 is 0 Å². The van der Waals surface area contributed by atoms with Gasteiger partial charge in [0.05, 0.1) is 39.6 Å². The van der Waals surface area contributed by atoms with Crippen LogP contribution in [0.4, 0.5) is 0 Å². The smallest absolute Gasteiger partial charge is 0.0701 e. The lowest BCUT2D eigenvalue weighted by Crippen LogP contribution is -2.11. The zero-order valence-corrected chi connectivity index (χ0v) is 18.5. The normalized spacial score (nSPS) is 11.3. The summed E-state index contributed by atoms with van der Waals surface area (Å²) in [4.78, 5) is 0. The van der Waals surface area contributed by atoms with Gasteiger partial charge in [0.15, 0.2) is 0 Å². The van der Waals surface area contributed by atoms with E-state index >= 15 is 0 Å². The van der Waals surface area contributed by atoms with Crippen LogP contribution in [0.3, 0.4) is 0 Å². The lowest BCUT2D eigenvalue weighted by molar-refractivity contribution is 0.00323. The van der Waals surface area contributed by atoms with E-state index in [1.807, 2.05) is 0 Å². The van der Waals surface area contributed by atoms with Crippen molar-refractivity contribution in [2.45, 2.75) is 96.8 Å². The fraction of sp³-hybridized carbons (Fsp3) is 1.00. The van der Waals surface area contributed by atoms with Crippen molar-refractivity contribution in [3.63, 3.8) is 0 Å². The van der Waals surface area contributed by atoms with E-state index in [0.717, 1.165) is 6.61 Å². The summed E-state index contributed by atoms with van der Waals surface area (Å²) in [7, 11) is 1.68.